The van der Waals surface area contributed by atoms with Crippen LogP contribution in [0, 0.1) is 0 Å². The predicted octanol–water partition coefficient (Wildman–Crippen LogP) is 13.9. The molecule has 0 N–H and O–H groups in total. The monoisotopic (exact) mass is 694 g/mol. The third-order valence-corrected chi connectivity index (χ3v) is 12.0. The molecule has 8 aromatic carbocycles. The molecule has 11 rings (SSSR count). The number of anilines is 6. The number of nitrogens with zero attached hydrogens (tertiary/aromatic N) is 2. The zero-order valence-corrected chi connectivity index (χ0v) is 30.0. The van der Waals surface area contributed by atoms with Gasteiger partial charge in [-0.2, -0.15) is 0 Å². The lowest BCUT2D eigenvalue weighted by atomic mass is 9.76. The molecule has 0 fully saturated rings. The average Bonchev–Trinajstić information content (AvgIpc) is 3.92. The summed E-state index contributed by atoms with van der Waals surface area (Å²) >= 11 is 0. The van der Waals surface area contributed by atoms with E-state index in [0.717, 1.165) is 53.6 Å². The number of benzene rings is 8. The second-order valence-electron chi connectivity index (χ2n) is 14.9. The zero-order chi connectivity index (χ0) is 35.6. The number of aryl methyl sites for hydroxylation is 2. The summed E-state index contributed by atoms with van der Waals surface area (Å²) in [5.74, 6) is 0. The third-order valence-electron chi connectivity index (χ3n) is 12.0. The molecule has 0 aliphatic heterocycles. The van der Waals surface area contributed by atoms with Crippen LogP contribution in [0.4, 0.5) is 34.1 Å². The molecule has 54 heavy (non-hydrogen) atoms. The van der Waals surface area contributed by atoms with Crippen LogP contribution in [0.2, 0.25) is 0 Å². The normalized spacial score (nSPS) is 15.9. The molecule has 0 saturated carbocycles. The van der Waals surface area contributed by atoms with E-state index in [1.165, 1.54) is 61.2 Å². The largest absolute Gasteiger partial charge is 0.456 e. The van der Waals surface area contributed by atoms with Gasteiger partial charge in [-0.15, -0.1) is 0 Å². The summed E-state index contributed by atoms with van der Waals surface area (Å²) in [6, 6.07) is 66.3. The number of rotatable bonds is 6. The maximum atomic E-state index is 6.42. The van der Waals surface area contributed by atoms with Crippen molar-refractivity contribution >= 4 is 66.8 Å². The number of hydrogen-bond acceptors (Lipinski definition) is 3. The van der Waals surface area contributed by atoms with Crippen LogP contribution >= 0.6 is 0 Å². The van der Waals surface area contributed by atoms with Crippen molar-refractivity contribution in [2.75, 3.05) is 9.80 Å². The quantitative estimate of drug-likeness (QED) is 0.173. The third kappa shape index (κ3) is 4.82. The van der Waals surface area contributed by atoms with Crippen LogP contribution in [-0.4, -0.2) is 0 Å². The number of para-hydroxylation sites is 3. The first-order valence-corrected chi connectivity index (χ1v) is 19.1. The van der Waals surface area contributed by atoms with Gasteiger partial charge in [0.1, 0.15) is 11.2 Å². The fraction of sp³-hybridized carbons (Fsp3) is 0.0980. The Hall–Kier alpha value is -6.58. The molecule has 1 atom stereocenters. The van der Waals surface area contributed by atoms with Gasteiger partial charge in [0.2, 0.25) is 0 Å². The van der Waals surface area contributed by atoms with Gasteiger partial charge in [-0.05, 0) is 144 Å². The second kappa shape index (κ2) is 12.2. The first kappa shape index (κ1) is 31.0. The first-order chi connectivity index (χ1) is 26.7. The van der Waals surface area contributed by atoms with Crippen molar-refractivity contribution in [3.8, 4) is 0 Å². The van der Waals surface area contributed by atoms with E-state index in [2.05, 4.69) is 192 Å². The second-order valence-corrected chi connectivity index (χ2v) is 14.9. The minimum Gasteiger partial charge on any atom is -0.456 e. The first-order valence-electron chi connectivity index (χ1n) is 19.1. The summed E-state index contributed by atoms with van der Waals surface area (Å²) in [6.07, 6.45) is 4.44. The van der Waals surface area contributed by atoms with Crippen molar-refractivity contribution in [2.24, 2.45) is 0 Å². The number of furan rings is 1. The highest BCUT2D eigenvalue weighted by Gasteiger charge is 2.45. The Bertz CT molecular complexity index is 2800. The van der Waals surface area contributed by atoms with E-state index < -0.39 is 0 Å². The highest BCUT2D eigenvalue weighted by molar-refractivity contribution is 6.19. The summed E-state index contributed by atoms with van der Waals surface area (Å²) < 4.78 is 6.42. The van der Waals surface area contributed by atoms with Gasteiger partial charge in [0.05, 0.1) is 0 Å². The maximum absolute atomic E-state index is 6.42. The topological polar surface area (TPSA) is 19.6 Å². The number of fused-ring (bicyclic) bond motifs is 9. The summed E-state index contributed by atoms with van der Waals surface area (Å²) in [5, 5.41) is 4.74. The van der Waals surface area contributed by atoms with Gasteiger partial charge in [-0.25, -0.2) is 0 Å². The molecule has 3 nitrogen and oxygen atoms in total. The average molecular weight is 695 g/mol. The van der Waals surface area contributed by atoms with Gasteiger partial charge >= 0.3 is 0 Å². The van der Waals surface area contributed by atoms with Gasteiger partial charge in [-0.3, -0.25) is 0 Å². The lowest BCUT2D eigenvalue weighted by Gasteiger charge is -2.31. The van der Waals surface area contributed by atoms with Crippen molar-refractivity contribution in [3.05, 3.63) is 204 Å². The molecule has 0 radical (unpaired) electrons. The van der Waals surface area contributed by atoms with Gasteiger partial charge < -0.3 is 14.2 Å². The van der Waals surface area contributed by atoms with E-state index in [9.17, 15) is 0 Å². The maximum Gasteiger partial charge on any atom is 0.136 e. The van der Waals surface area contributed by atoms with E-state index in [-0.39, 0.29) is 5.41 Å². The van der Waals surface area contributed by atoms with Crippen molar-refractivity contribution < 1.29 is 4.42 Å². The van der Waals surface area contributed by atoms with Crippen LogP contribution in [0.5, 0.6) is 0 Å². The van der Waals surface area contributed by atoms with E-state index in [0.29, 0.717) is 0 Å². The van der Waals surface area contributed by atoms with Crippen LogP contribution in [0.25, 0.3) is 32.7 Å². The molecule has 1 aromatic heterocycles. The Kier molecular flexibility index (Phi) is 7.03. The van der Waals surface area contributed by atoms with Crippen LogP contribution in [0.1, 0.15) is 35.1 Å². The fourth-order valence-corrected chi connectivity index (χ4v) is 9.54. The SMILES string of the molecule is c1ccc(N(c2ccccc2)c2ccc3c(c2)[C@@]2(CC3)CCc3ccc(N(c4ccccc4)c4ccc5oc6ccc7ccccc7c6c5c4)cc32)cc1. The molecule has 0 saturated heterocycles. The van der Waals surface area contributed by atoms with Crippen LogP contribution in [-0.2, 0) is 18.3 Å². The molecule has 2 aliphatic carbocycles. The molecular weight excluding hydrogens is 657 g/mol. The molecule has 0 unspecified atom stereocenters. The fourth-order valence-electron chi connectivity index (χ4n) is 9.54. The van der Waals surface area contributed by atoms with Gasteiger partial charge in [0.15, 0.2) is 0 Å². The highest BCUT2D eigenvalue weighted by Crippen LogP contribution is 2.55. The smallest absolute Gasteiger partial charge is 0.136 e. The summed E-state index contributed by atoms with van der Waals surface area (Å²) in [5.41, 5.74) is 14.7. The minimum absolute atomic E-state index is 0.0261. The summed E-state index contributed by atoms with van der Waals surface area (Å²) in [7, 11) is 0. The summed E-state index contributed by atoms with van der Waals surface area (Å²) in [4.78, 5) is 4.82. The van der Waals surface area contributed by atoms with E-state index in [1.54, 1.807) is 0 Å². The minimum atomic E-state index is -0.0261. The van der Waals surface area contributed by atoms with E-state index >= 15 is 0 Å². The molecule has 2 aliphatic rings. The van der Waals surface area contributed by atoms with Crippen LogP contribution < -0.4 is 9.80 Å². The van der Waals surface area contributed by atoms with Crippen molar-refractivity contribution in [1.29, 1.82) is 0 Å². The van der Waals surface area contributed by atoms with Crippen LogP contribution in [0.15, 0.2) is 186 Å². The molecule has 0 amide bonds. The van der Waals surface area contributed by atoms with Gasteiger partial charge in [0.25, 0.3) is 0 Å². The van der Waals surface area contributed by atoms with E-state index in [4.69, 9.17) is 4.42 Å². The molecule has 1 spiro atoms. The van der Waals surface area contributed by atoms with Crippen LogP contribution in [0.3, 0.4) is 0 Å². The number of hydrogen-bond donors (Lipinski definition) is 0. The zero-order valence-electron chi connectivity index (χ0n) is 30.0. The Labute approximate surface area is 315 Å². The summed E-state index contributed by atoms with van der Waals surface area (Å²) in [6.45, 7) is 0. The van der Waals surface area contributed by atoms with Gasteiger partial charge in [-0.1, -0.05) is 97.1 Å². The highest BCUT2D eigenvalue weighted by atomic mass is 16.3. The van der Waals surface area contributed by atoms with Gasteiger partial charge in [0, 0.05) is 50.3 Å². The Morgan fingerprint density at radius 2 is 0.870 bits per heavy atom. The van der Waals surface area contributed by atoms with Crippen molar-refractivity contribution in [3.63, 3.8) is 0 Å². The Morgan fingerprint density at radius 1 is 0.389 bits per heavy atom. The standard InChI is InChI=1S/C51H38N2O/c1-4-13-38(14-5-1)52(39-15-6-2-7-16-39)42-23-20-36-28-30-51(46(36)33-42)31-29-37-21-24-43(34-47(37)51)53(40-17-8-3-9-18-40)41-25-27-48-45(32-41)50-44-19-11-10-12-35(44)22-26-49(50)54-48/h1-27,32-34H,28-31H2/t51-/m1/s1. The molecule has 0 bridgehead atoms. The van der Waals surface area contributed by atoms with Crippen molar-refractivity contribution in [1.82, 2.24) is 0 Å². The molecule has 258 valence electrons. The predicted molar refractivity (Wildman–Crippen MR) is 224 cm³/mol. The molecule has 1 heterocycles. The molecule has 3 heteroatoms. The molecule has 9 aromatic rings. The van der Waals surface area contributed by atoms with Crippen molar-refractivity contribution in [2.45, 2.75) is 31.1 Å². The Balaban J connectivity index is 1.06. The lowest BCUT2D eigenvalue weighted by molar-refractivity contribution is 0.507. The molecular formula is C51H38N2O. The Morgan fingerprint density at radius 3 is 1.46 bits per heavy atom. The lowest BCUT2D eigenvalue weighted by Crippen LogP contribution is -2.22. The van der Waals surface area contributed by atoms with E-state index in [1.807, 2.05) is 0 Å².